The van der Waals surface area contributed by atoms with Gasteiger partial charge in [-0.15, -0.1) is 0 Å². The first-order chi connectivity index (χ1) is 16.7. The van der Waals surface area contributed by atoms with E-state index in [1.807, 2.05) is 22.9 Å². The van der Waals surface area contributed by atoms with Crippen LogP contribution in [0.2, 0.25) is 0 Å². The molecule has 35 heavy (non-hydrogen) atoms. The van der Waals surface area contributed by atoms with Crippen molar-refractivity contribution in [1.29, 1.82) is 0 Å². The Balaban J connectivity index is 1.18. The molecule has 0 bridgehead atoms. The topological polar surface area (TPSA) is 119 Å². The number of alkyl halides is 3. The average molecular weight is 491 g/mol. The molecule has 3 aromatic rings. The number of benzene rings is 1. The van der Waals surface area contributed by atoms with E-state index < -0.39 is 17.6 Å². The molecule has 10 nitrogen and oxygen atoms in total. The van der Waals surface area contributed by atoms with Crippen LogP contribution in [0.3, 0.4) is 0 Å². The van der Waals surface area contributed by atoms with Crippen LogP contribution in [0.5, 0.6) is 0 Å². The number of nitrogens with two attached hydrogens (primary N) is 1. The van der Waals surface area contributed by atoms with Crippen LogP contribution < -0.4 is 16.1 Å². The van der Waals surface area contributed by atoms with Crippen molar-refractivity contribution in [3.8, 4) is 0 Å². The molecule has 13 heteroatoms. The van der Waals surface area contributed by atoms with Crippen molar-refractivity contribution in [2.75, 3.05) is 44.2 Å². The van der Waals surface area contributed by atoms with Gasteiger partial charge in [0.2, 0.25) is 17.8 Å². The molecular weight excluding hydrogens is 467 g/mol. The molecule has 2 amide bonds. The maximum atomic E-state index is 12.7. The van der Waals surface area contributed by atoms with E-state index in [1.54, 1.807) is 21.9 Å². The molecule has 186 valence electrons. The summed E-state index contributed by atoms with van der Waals surface area (Å²) in [5.41, 5.74) is 8.39. The van der Waals surface area contributed by atoms with E-state index in [0.717, 1.165) is 23.3 Å². The van der Waals surface area contributed by atoms with E-state index in [0.29, 0.717) is 38.3 Å². The smallest absolute Gasteiger partial charge is 0.366 e. The summed E-state index contributed by atoms with van der Waals surface area (Å²) in [6.45, 7) is 2.37. The SMILES string of the molecule is NC(=O)c1ccc2ccn(CCONCC(=O)N3CCN(c4ncc(C(F)(F)F)cn4)CC3)c2c1. The number of anilines is 1. The van der Waals surface area contributed by atoms with Crippen LogP contribution in [0.25, 0.3) is 10.9 Å². The van der Waals surface area contributed by atoms with Gasteiger partial charge in [0.1, 0.15) is 6.54 Å². The minimum Gasteiger partial charge on any atom is -0.366 e. The lowest BCUT2D eigenvalue weighted by atomic mass is 10.1. The number of hydrogen-bond donors (Lipinski definition) is 2. The monoisotopic (exact) mass is 491 g/mol. The zero-order valence-corrected chi connectivity index (χ0v) is 18.7. The van der Waals surface area contributed by atoms with Gasteiger partial charge in [-0.2, -0.15) is 18.7 Å². The summed E-state index contributed by atoms with van der Waals surface area (Å²) in [6, 6.07) is 7.15. The quantitative estimate of drug-likeness (QED) is 0.361. The molecule has 1 fully saturated rings. The Bertz CT molecular complexity index is 1190. The number of halogens is 3. The van der Waals surface area contributed by atoms with Crippen LogP contribution in [0.15, 0.2) is 42.9 Å². The van der Waals surface area contributed by atoms with Crippen molar-refractivity contribution < 1.29 is 27.6 Å². The third kappa shape index (κ3) is 5.87. The van der Waals surface area contributed by atoms with Crippen LogP contribution in [-0.4, -0.2) is 70.6 Å². The molecule has 1 saturated heterocycles. The summed E-state index contributed by atoms with van der Waals surface area (Å²) < 4.78 is 39.9. The van der Waals surface area contributed by atoms with E-state index in [-0.39, 0.29) is 25.0 Å². The average Bonchev–Trinajstić information content (AvgIpc) is 3.25. The lowest BCUT2D eigenvalue weighted by molar-refractivity contribution is -0.138. The molecule has 1 aliphatic heterocycles. The van der Waals surface area contributed by atoms with Gasteiger partial charge in [-0.1, -0.05) is 6.07 Å². The lowest BCUT2D eigenvalue weighted by Crippen LogP contribution is -2.51. The largest absolute Gasteiger partial charge is 0.419 e. The summed E-state index contributed by atoms with van der Waals surface area (Å²) in [7, 11) is 0. The maximum absolute atomic E-state index is 12.7. The fraction of sp³-hybridized carbons (Fsp3) is 0.364. The fourth-order valence-electron chi connectivity index (χ4n) is 3.76. The molecule has 0 atom stereocenters. The Morgan fingerprint density at radius 3 is 2.46 bits per heavy atom. The number of carbonyl (C=O) groups is 2. The number of nitrogens with one attached hydrogen (secondary N) is 1. The Hall–Kier alpha value is -3.71. The number of fused-ring (bicyclic) bond motifs is 1. The minimum atomic E-state index is -4.48. The lowest BCUT2D eigenvalue weighted by Gasteiger charge is -2.34. The van der Waals surface area contributed by atoms with Gasteiger partial charge in [-0.3, -0.25) is 14.4 Å². The summed E-state index contributed by atoms with van der Waals surface area (Å²) in [5, 5.41) is 0.971. The second kappa shape index (κ2) is 10.3. The number of hydroxylamine groups is 1. The number of hydrogen-bond acceptors (Lipinski definition) is 7. The number of nitrogens with zero attached hydrogens (tertiary/aromatic N) is 5. The van der Waals surface area contributed by atoms with Gasteiger partial charge in [0.05, 0.1) is 12.2 Å². The Kier molecular flexibility index (Phi) is 7.17. The number of rotatable bonds is 8. The fourth-order valence-corrected chi connectivity index (χ4v) is 3.76. The zero-order chi connectivity index (χ0) is 25.0. The third-order valence-electron chi connectivity index (χ3n) is 5.70. The van der Waals surface area contributed by atoms with E-state index in [1.165, 1.54) is 0 Å². The molecule has 0 unspecified atom stereocenters. The highest BCUT2D eigenvalue weighted by atomic mass is 19.4. The van der Waals surface area contributed by atoms with Crippen molar-refractivity contribution in [2.24, 2.45) is 5.73 Å². The second-order valence-corrected chi connectivity index (χ2v) is 7.95. The van der Waals surface area contributed by atoms with Crippen molar-refractivity contribution in [1.82, 2.24) is 24.9 Å². The van der Waals surface area contributed by atoms with Gasteiger partial charge in [-0.05, 0) is 23.6 Å². The van der Waals surface area contributed by atoms with Gasteiger partial charge >= 0.3 is 6.18 Å². The number of carbonyl (C=O) groups excluding carboxylic acids is 2. The summed E-state index contributed by atoms with van der Waals surface area (Å²) in [4.78, 5) is 40.2. The predicted octanol–water partition coefficient (Wildman–Crippen LogP) is 1.42. The number of amides is 2. The van der Waals surface area contributed by atoms with Crippen molar-refractivity contribution in [2.45, 2.75) is 12.7 Å². The van der Waals surface area contributed by atoms with Crippen LogP contribution in [0, 0.1) is 0 Å². The van der Waals surface area contributed by atoms with E-state index in [2.05, 4.69) is 15.4 Å². The highest BCUT2D eigenvalue weighted by Gasteiger charge is 2.32. The standard InChI is InChI=1S/C22H24F3N7O3/c23-22(24,25)17-12-27-21(28-13-17)32-7-5-31(6-8-32)19(33)14-29-35-10-9-30-4-3-15-1-2-16(20(26)34)11-18(15)30/h1-4,11-13,29H,5-10,14H2,(H2,26,34). The third-order valence-corrected chi connectivity index (χ3v) is 5.70. The first-order valence-corrected chi connectivity index (χ1v) is 10.9. The molecule has 2 aromatic heterocycles. The van der Waals surface area contributed by atoms with Crippen LogP contribution in [-0.2, 0) is 22.4 Å². The number of piperazine rings is 1. The van der Waals surface area contributed by atoms with E-state index in [9.17, 15) is 22.8 Å². The molecule has 4 rings (SSSR count). The van der Waals surface area contributed by atoms with Crippen molar-refractivity contribution >= 4 is 28.7 Å². The minimum absolute atomic E-state index is 0.0188. The molecule has 0 spiro atoms. The number of primary amides is 1. The summed E-state index contributed by atoms with van der Waals surface area (Å²) in [5.74, 6) is -0.452. The Morgan fingerprint density at radius 2 is 1.80 bits per heavy atom. The number of aromatic nitrogens is 3. The molecule has 1 aliphatic rings. The highest BCUT2D eigenvalue weighted by Crippen LogP contribution is 2.28. The molecule has 0 radical (unpaired) electrons. The Morgan fingerprint density at radius 1 is 1.09 bits per heavy atom. The van der Waals surface area contributed by atoms with Crippen LogP contribution >= 0.6 is 0 Å². The van der Waals surface area contributed by atoms with Crippen LogP contribution in [0.4, 0.5) is 19.1 Å². The van der Waals surface area contributed by atoms with Gasteiger partial charge in [0, 0.05) is 62.4 Å². The molecule has 0 aliphatic carbocycles. The highest BCUT2D eigenvalue weighted by molar-refractivity contribution is 5.97. The zero-order valence-electron chi connectivity index (χ0n) is 18.7. The molecule has 3 N–H and O–H groups in total. The van der Waals surface area contributed by atoms with Crippen molar-refractivity contribution in [3.63, 3.8) is 0 Å². The Labute approximate surface area is 198 Å². The normalized spacial score (nSPS) is 14.5. The first kappa shape index (κ1) is 24.4. The first-order valence-electron chi connectivity index (χ1n) is 10.9. The predicted molar refractivity (Wildman–Crippen MR) is 120 cm³/mol. The molecule has 1 aromatic carbocycles. The van der Waals surface area contributed by atoms with E-state index >= 15 is 0 Å². The summed E-state index contributed by atoms with van der Waals surface area (Å²) in [6.07, 6.45) is -1.09. The van der Waals surface area contributed by atoms with Crippen molar-refractivity contribution in [3.05, 3.63) is 54.0 Å². The van der Waals surface area contributed by atoms with Gasteiger partial charge in [0.25, 0.3) is 0 Å². The summed E-state index contributed by atoms with van der Waals surface area (Å²) >= 11 is 0. The molecular formula is C22H24F3N7O3. The van der Waals surface area contributed by atoms with Crippen LogP contribution in [0.1, 0.15) is 15.9 Å². The maximum Gasteiger partial charge on any atom is 0.419 e. The van der Waals surface area contributed by atoms with E-state index in [4.69, 9.17) is 10.6 Å². The second-order valence-electron chi connectivity index (χ2n) is 7.95. The molecule has 3 heterocycles. The molecule has 0 saturated carbocycles. The van der Waals surface area contributed by atoms with Gasteiger partial charge < -0.3 is 20.1 Å². The van der Waals surface area contributed by atoms with Gasteiger partial charge in [0.15, 0.2) is 0 Å². The van der Waals surface area contributed by atoms with Gasteiger partial charge in [-0.25, -0.2) is 9.97 Å².